The fourth-order valence-corrected chi connectivity index (χ4v) is 2.51. The number of hydrogen-bond donors (Lipinski definition) is 1. The summed E-state index contributed by atoms with van der Waals surface area (Å²) >= 11 is 0. The Labute approximate surface area is 152 Å². The molecular formula is C19H22N2O5. The van der Waals surface area contributed by atoms with Gasteiger partial charge in [0.15, 0.2) is 0 Å². The van der Waals surface area contributed by atoms with Crippen molar-refractivity contribution in [2.75, 3.05) is 6.54 Å². The largest absolute Gasteiger partial charge is 0.444 e. The Morgan fingerprint density at radius 3 is 2.23 bits per heavy atom. The summed E-state index contributed by atoms with van der Waals surface area (Å²) in [6.07, 6.45) is 3.48. The van der Waals surface area contributed by atoms with E-state index in [4.69, 9.17) is 4.74 Å². The number of amides is 3. The molecule has 138 valence electrons. The van der Waals surface area contributed by atoms with E-state index in [9.17, 15) is 19.2 Å². The third kappa shape index (κ3) is 4.56. The highest BCUT2D eigenvalue weighted by Gasteiger charge is 2.39. The number of nitrogens with one attached hydrogen (secondary N) is 1. The lowest BCUT2D eigenvalue weighted by Crippen LogP contribution is -2.40. The fraction of sp³-hybridized carbons (Fsp3) is 0.368. The van der Waals surface area contributed by atoms with Crippen LogP contribution in [-0.2, 0) is 9.53 Å². The predicted molar refractivity (Wildman–Crippen MR) is 94.8 cm³/mol. The number of nitrogens with zero attached hydrogens (tertiary/aromatic N) is 1. The van der Waals surface area contributed by atoms with Crippen molar-refractivity contribution in [3.05, 3.63) is 47.5 Å². The highest BCUT2D eigenvalue weighted by molar-refractivity contribution is 6.22. The van der Waals surface area contributed by atoms with Crippen LogP contribution in [0.1, 0.15) is 47.9 Å². The lowest BCUT2D eigenvalue weighted by Gasteiger charge is -2.20. The van der Waals surface area contributed by atoms with Gasteiger partial charge in [0.05, 0.1) is 17.2 Å². The Bertz CT molecular complexity index is 714. The molecule has 1 aromatic rings. The number of aldehydes is 1. The molecule has 0 fully saturated rings. The lowest BCUT2D eigenvalue weighted by atomic mass is 10.1. The summed E-state index contributed by atoms with van der Waals surface area (Å²) in [5, 5.41) is 2.55. The van der Waals surface area contributed by atoms with E-state index in [1.54, 1.807) is 57.2 Å². The van der Waals surface area contributed by atoms with Crippen molar-refractivity contribution >= 4 is 24.2 Å². The highest BCUT2D eigenvalue weighted by Crippen LogP contribution is 2.25. The van der Waals surface area contributed by atoms with Gasteiger partial charge in [-0.3, -0.25) is 14.5 Å². The normalized spacial score (nSPS) is 15.1. The second-order valence-electron chi connectivity index (χ2n) is 6.82. The van der Waals surface area contributed by atoms with Gasteiger partial charge < -0.3 is 14.8 Å². The van der Waals surface area contributed by atoms with E-state index in [0.717, 1.165) is 4.90 Å². The zero-order valence-corrected chi connectivity index (χ0v) is 15.0. The lowest BCUT2D eigenvalue weighted by molar-refractivity contribution is -0.111. The minimum absolute atomic E-state index is 0.172. The molecule has 1 heterocycles. The molecule has 0 saturated heterocycles. The zero-order chi connectivity index (χ0) is 19.3. The highest BCUT2D eigenvalue weighted by atomic mass is 16.6. The molecule has 7 nitrogen and oxygen atoms in total. The summed E-state index contributed by atoms with van der Waals surface area (Å²) in [5.74, 6) is -0.939. The first kappa shape index (κ1) is 19.4. The van der Waals surface area contributed by atoms with E-state index in [-0.39, 0.29) is 13.0 Å². The van der Waals surface area contributed by atoms with Crippen molar-refractivity contribution in [1.82, 2.24) is 10.2 Å². The van der Waals surface area contributed by atoms with Crippen molar-refractivity contribution in [2.24, 2.45) is 0 Å². The summed E-state index contributed by atoms with van der Waals surface area (Å²) < 4.78 is 5.09. The van der Waals surface area contributed by atoms with E-state index in [0.29, 0.717) is 17.4 Å². The van der Waals surface area contributed by atoms with Crippen molar-refractivity contribution in [3.63, 3.8) is 0 Å². The second kappa shape index (κ2) is 7.95. The van der Waals surface area contributed by atoms with Crippen LogP contribution in [0.5, 0.6) is 0 Å². The van der Waals surface area contributed by atoms with Gasteiger partial charge in [0.25, 0.3) is 11.8 Å². The molecule has 1 aliphatic heterocycles. The molecule has 26 heavy (non-hydrogen) atoms. The first-order valence-electron chi connectivity index (χ1n) is 8.28. The zero-order valence-electron chi connectivity index (χ0n) is 15.0. The summed E-state index contributed by atoms with van der Waals surface area (Å²) in [5.41, 5.74) is 0.0295. The van der Waals surface area contributed by atoms with Gasteiger partial charge in [0.1, 0.15) is 11.9 Å². The molecule has 1 aliphatic rings. The van der Waals surface area contributed by atoms with Crippen LogP contribution in [0.15, 0.2) is 36.4 Å². The molecular weight excluding hydrogens is 336 g/mol. The molecule has 0 aromatic heterocycles. The molecule has 2 rings (SSSR count). The maximum Gasteiger partial charge on any atom is 0.407 e. The van der Waals surface area contributed by atoms with Gasteiger partial charge in [-0.15, -0.1) is 0 Å². The van der Waals surface area contributed by atoms with Gasteiger partial charge in [-0.25, -0.2) is 4.79 Å². The molecule has 0 bridgehead atoms. The topological polar surface area (TPSA) is 92.8 Å². The number of alkyl carbamates (subject to hydrolysis) is 1. The van der Waals surface area contributed by atoms with Gasteiger partial charge in [-0.05, 0) is 39.3 Å². The predicted octanol–water partition coefficient (Wildman–Crippen LogP) is 2.32. The van der Waals surface area contributed by atoms with Crippen molar-refractivity contribution < 1.29 is 23.9 Å². The quantitative estimate of drug-likeness (QED) is 0.479. The van der Waals surface area contributed by atoms with Crippen LogP contribution in [-0.4, -0.2) is 47.3 Å². The fourth-order valence-electron chi connectivity index (χ4n) is 2.51. The minimum Gasteiger partial charge on any atom is -0.444 e. The molecule has 1 N–H and O–H groups in total. The number of imide groups is 1. The summed E-state index contributed by atoms with van der Waals surface area (Å²) in [4.78, 5) is 48.6. The van der Waals surface area contributed by atoms with Crippen LogP contribution in [0.3, 0.4) is 0 Å². The SMILES string of the molecule is CC(C)(C)OC(=O)NCC=CCC(C=O)N1C(=O)c2ccccc2C1=O. The maximum absolute atomic E-state index is 12.4. The number of ether oxygens (including phenoxy) is 1. The Morgan fingerprint density at radius 2 is 1.73 bits per heavy atom. The average molecular weight is 358 g/mol. The molecule has 1 aromatic carbocycles. The Kier molecular flexibility index (Phi) is 5.92. The van der Waals surface area contributed by atoms with E-state index in [2.05, 4.69) is 5.32 Å². The third-order valence-electron chi connectivity index (χ3n) is 3.62. The Morgan fingerprint density at radius 1 is 1.15 bits per heavy atom. The molecule has 3 amide bonds. The smallest absolute Gasteiger partial charge is 0.407 e. The van der Waals surface area contributed by atoms with Crippen molar-refractivity contribution in [1.29, 1.82) is 0 Å². The average Bonchev–Trinajstić information content (AvgIpc) is 2.82. The van der Waals surface area contributed by atoms with Gasteiger partial charge in [-0.2, -0.15) is 0 Å². The summed E-state index contributed by atoms with van der Waals surface area (Å²) in [7, 11) is 0. The van der Waals surface area contributed by atoms with Gasteiger partial charge in [-0.1, -0.05) is 24.3 Å². The van der Waals surface area contributed by atoms with Crippen LogP contribution in [0, 0.1) is 0 Å². The van der Waals surface area contributed by atoms with E-state index in [1.807, 2.05) is 0 Å². The summed E-state index contributed by atoms with van der Waals surface area (Å²) in [6.45, 7) is 5.50. The van der Waals surface area contributed by atoms with Crippen LogP contribution < -0.4 is 5.32 Å². The first-order valence-corrected chi connectivity index (χ1v) is 8.28. The molecule has 0 radical (unpaired) electrons. The van der Waals surface area contributed by atoms with Crippen molar-refractivity contribution in [2.45, 2.75) is 38.8 Å². The van der Waals surface area contributed by atoms with Crippen LogP contribution in [0.4, 0.5) is 4.79 Å². The molecule has 7 heteroatoms. The van der Waals surface area contributed by atoms with Crippen molar-refractivity contribution in [3.8, 4) is 0 Å². The second-order valence-corrected chi connectivity index (χ2v) is 6.82. The Balaban J connectivity index is 1.91. The molecule has 0 saturated carbocycles. The summed E-state index contributed by atoms with van der Waals surface area (Å²) in [6, 6.07) is 5.59. The number of rotatable bonds is 6. The molecule has 0 spiro atoms. The van der Waals surface area contributed by atoms with E-state index < -0.39 is 29.6 Å². The molecule has 1 unspecified atom stereocenters. The number of benzene rings is 1. The minimum atomic E-state index is -0.889. The van der Waals surface area contributed by atoms with Gasteiger partial charge in [0.2, 0.25) is 0 Å². The number of carbonyl (C=O) groups is 4. The standard InChI is InChI=1S/C19H22N2O5/c1-19(2,3)26-18(25)20-11-7-6-8-13(12-22)21-16(23)14-9-4-5-10-15(14)17(21)24/h4-7,9-10,12-13H,8,11H2,1-3H3,(H,20,25). The third-order valence-corrected chi connectivity index (χ3v) is 3.62. The number of carbonyl (C=O) groups excluding carboxylic acids is 4. The van der Waals surface area contributed by atoms with E-state index >= 15 is 0 Å². The van der Waals surface area contributed by atoms with Gasteiger partial charge in [0, 0.05) is 6.54 Å². The first-order chi connectivity index (χ1) is 12.2. The Hall–Kier alpha value is -2.96. The maximum atomic E-state index is 12.4. The van der Waals surface area contributed by atoms with Crippen LogP contribution in [0.2, 0.25) is 0 Å². The van der Waals surface area contributed by atoms with Crippen LogP contribution in [0.25, 0.3) is 0 Å². The molecule has 0 aliphatic carbocycles. The van der Waals surface area contributed by atoms with E-state index in [1.165, 1.54) is 0 Å². The monoisotopic (exact) mass is 358 g/mol. The van der Waals surface area contributed by atoms with Gasteiger partial charge >= 0.3 is 6.09 Å². The van der Waals surface area contributed by atoms with Crippen LogP contribution >= 0.6 is 0 Å². The number of fused-ring (bicyclic) bond motifs is 1. The number of hydrogen-bond acceptors (Lipinski definition) is 5. The molecule has 1 atom stereocenters.